The zero-order valence-corrected chi connectivity index (χ0v) is 11.5. The lowest BCUT2D eigenvalue weighted by Crippen LogP contribution is -2.27. The summed E-state index contributed by atoms with van der Waals surface area (Å²) in [6.45, 7) is 1.20. The molecule has 1 saturated carbocycles. The van der Waals surface area contributed by atoms with Crippen LogP contribution in [0.2, 0.25) is 0 Å². The first-order valence-electron chi connectivity index (χ1n) is 5.98. The Bertz CT molecular complexity index is 446. The van der Waals surface area contributed by atoms with Gasteiger partial charge in [-0.2, -0.15) is 0 Å². The lowest BCUT2D eigenvalue weighted by Gasteiger charge is -2.11. The molecule has 1 fully saturated rings. The molecule has 0 heterocycles. The van der Waals surface area contributed by atoms with E-state index in [0.717, 1.165) is 22.9 Å². The molecular formula is C13H16BrNO3. The van der Waals surface area contributed by atoms with Gasteiger partial charge in [0.15, 0.2) is 0 Å². The standard InChI is InChI=1S/C13H16BrNO3/c14-11-5-9(13(17)18)3-4-10(11)6-15-7-12(16)8-1-2-8/h3-5,8,12,15-16H,1-2,6-7H2,(H,17,18). The molecule has 1 unspecified atom stereocenters. The lowest BCUT2D eigenvalue weighted by molar-refractivity contribution is 0.0697. The molecule has 3 N–H and O–H groups in total. The van der Waals surface area contributed by atoms with Gasteiger partial charge in [0.05, 0.1) is 11.7 Å². The van der Waals surface area contributed by atoms with Crippen molar-refractivity contribution in [1.82, 2.24) is 5.32 Å². The average Bonchev–Trinajstić information content (AvgIpc) is 3.14. The van der Waals surface area contributed by atoms with E-state index < -0.39 is 5.97 Å². The lowest BCUT2D eigenvalue weighted by atomic mass is 10.1. The molecular weight excluding hydrogens is 298 g/mol. The first-order chi connectivity index (χ1) is 8.58. The predicted octanol–water partition coefficient (Wildman–Crippen LogP) is 2.01. The Hall–Kier alpha value is -0.910. The van der Waals surface area contributed by atoms with Gasteiger partial charge in [-0.15, -0.1) is 0 Å². The number of carbonyl (C=O) groups is 1. The fourth-order valence-electron chi connectivity index (χ4n) is 1.83. The number of hydrogen-bond acceptors (Lipinski definition) is 3. The third-order valence-corrected chi connectivity index (χ3v) is 3.87. The van der Waals surface area contributed by atoms with Gasteiger partial charge < -0.3 is 15.5 Å². The summed E-state index contributed by atoms with van der Waals surface area (Å²) >= 11 is 3.36. The Kier molecular flexibility index (Phi) is 4.37. The van der Waals surface area contributed by atoms with E-state index in [9.17, 15) is 9.90 Å². The van der Waals surface area contributed by atoms with Gasteiger partial charge in [0.1, 0.15) is 0 Å². The van der Waals surface area contributed by atoms with Crippen LogP contribution in [0.3, 0.4) is 0 Å². The quantitative estimate of drug-likeness (QED) is 0.751. The number of hydrogen-bond donors (Lipinski definition) is 3. The van der Waals surface area contributed by atoms with Crippen molar-refractivity contribution < 1.29 is 15.0 Å². The fraction of sp³-hybridized carbons (Fsp3) is 0.462. The van der Waals surface area contributed by atoms with Crippen LogP contribution in [0, 0.1) is 5.92 Å². The number of carboxylic acid groups (broad SMARTS) is 1. The molecule has 5 heteroatoms. The minimum atomic E-state index is -0.931. The van der Waals surface area contributed by atoms with E-state index in [1.54, 1.807) is 18.2 Å². The first-order valence-corrected chi connectivity index (χ1v) is 6.77. The Balaban J connectivity index is 1.86. The van der Waals surface area contributed by atoms with E-state index in [2.05, 4.69) is 21.2 Å². The molecule has 4 nitrogen and oxygen atoms in total. The number of rotatable bonds is 6. The highest BCUT2D eigenvalue weighted by atomic mass is 79.9. The van der Waals surface area contributed by atoms with E-state index in [0.29, 0.717) is 19.0 Å². The molecule has 98 valence electrons. The molecule has 1 aromatic rings. The Labute approximate surface area is 114 Å². The molecule has 0 saturated heterocycles. The third-order valence-electron chi connectivity index (χ3n) is 3.14. The zero-order chi connectivity index (χ0) is 13.1. The smallest absolute Gasteiger partial charge is 0.335 e. The van der Waals surface area contributed by atoms with Crippen LogP contribution in [0.25, 0.3) is 0 Å². The maximum Gasteiger partial charge on any atom is 0.335 e. The topological polar surface area (TPSA) is 69.6 Å². The number of benzene rings is 1. The van der Waals surface area contributed by atoms with Crippen molar-refractivity contribution in [2.45, 2.75) is 25.5 Å². The minimum absolute atomic E-state index is 0.262. The molecule has 1 aliphatic rings. The van der Waals surface area contributed by atoms with Crippen molar-refractivity contribution in [3.63, 3.8) is 0 Å². The molecule has 0 amide bonds. The molecule has 1 aromatic carbocycles. The van der Waals surface area contributed by atoms with Crippen LogP contribution in [0.5, 0.6) is 0 Å². The number of halogens is 1. The second-order valence-corrected chi connectivity index (χ2v) is 5.50. The van der Waals surface area contributed by atoms with Gasteiger partial charge >= 0.3 is 5.97 Å². The van der Waals surface area contributed by atoms with Crippen molar-refractivity contribution in [3.05, 3.63) is 33.8 Å². The molecule has 0 bridgehead atoms. The highest BCUT2D eigenvalue weighted by molar-refractivity contribution is 9.10. The summed E-state index contributed by atoms with van der Waals surface area (Å²) in [5.41, 5.74) is 1.26. The number of aliphatic hydroxyl groups excluding tert-OH is 1. The van der Waals surface area contributed by atoms with Crippen LogP contribution in [0.15, 0.2) is 22.7 Å². The predicted molar refractivity (Wildman–Crippen MR) is 71.5 cm³/mol. The minimum Gasteiger partial charge on any atom is -0.478 e. The second kappa shape index (κ2) is 5.82. The van der Waals surface area contributed by atoms with Crippen molar-refractivity contribution in [2.75, 3.05) is 6.54 Å². The third kappa shape index (κ3) is 3.54. The normalized spacial score (nSPS) is 16.6. The molecule has 18 heavy (non-hydrogen) atoms. The van der Waals surface area contributed by atoms with Crippen LogP contribution < -0.4 is 5.32 Å². The van der Waals surface area contributed by atoms with Crippen molar-refractivity contribution in [1.29, 1.82) is 0 Å². The maximum absolute atomic E-state index is 10.8. The summed E-state index contributed by atoms with van der Waals surface area (Å²) < 4.78 is 0.774. The highest BCUT2D eigenvalue weighted by Crippen LogP contribution is 2.32. The van der Waals surface area contributed by atoms with Crippen LogP contribution in [0.4, 0.5) is 0 Å². The molecule has 0 radical (unpaired) electrons. The zero-order valence-electron chi connectivity index (χ0n) is 9.90. The number of carboxylic acids is 1. The Morgan fingerprint density at radius 3 is 2.78 bits per heavy atom. The monoisotopic (exact) mass is 313 g/mol. The first kappa shape index (κ1) is 13.5. The van der Waals surface area contributed by atoms with Crippen LogP contribution in [-0.2, 0) is 6.54 Å². The van der Waals surface area contributed by atoms with Crippen LogP contribution >= 0.6 is 15.9 Å². The van der Waals surface area contributed by atoms with E-state index >= 15 is 0 Å². The Morgan fingerprint density at radius 1 is 1.50 bits per heavy atom. The van der Waals surface area contributed by atoms with Crippen LogP contribution in [-0.4, -0.2) is 28.8 Å². The van der Waals surface area contributed by atoms with Crippen molar-refractivity contribution >= 4 is 21.9 Å². The summed E-state index contributed by atoms with van der Waals surface area (Å²) in [7, 11) is 0. The molecule has 0 aromatic heterocycles. The van der Waals surface area contributed by atoms with Gasteiger partial charge in [0.25, 0.3) is 0 Å². The van der Waals surface area contributed by atoms with Gasteiger partial charge in [-0.3, -0.25) is 0 Å². The summed E-state index contributed by atoms with van der Waals surface area (Å²) in [6.07, 6.45) is 1.99. The number of aliphatic hydroxyl groups is 1. The van der Waals surface area contributed by atoms with E-state index in [-0.39, 0.29) is 11.7 Å². The van der Waals surface area contributed by atoms with E-state index in [1.807, 2.05) is 0 Å². The molecule has 1 aliphatic carbocycles. The fourth-order valence-corrected chi connectivity index (χ4v) is 2.35. The van der Waals surface area contributed by atoms with Gasteiger partial charge in [-0.1, -0.05) is 22.0 Å². The van der Waals surface area contributed by atoms with Gasteiger partial charge in [-0.25, -0.2) is 4.79 Å². The average molecular weight is 314 g/mol. The summed E-state index contributed by atoms with van der Waals surface area (Å²) in [4.78, 5) is 10.8. The Morgan fingerprint density at radius 2 is 2.22 bits per heavy atom. The SMILES string of the molecule is O=C(O)c1ccc(CNCC(O)C2CC2)c(Br)c1. The molecule has 2 rings (SSSR count). The largest absolute Gasteiger partial charge is 0.478 e. The summed E-state index contributed by atoms with van der Waals surface area (Å²) in [5, 5.41) is 21.7. The van der Waals surface area contributed by atoms with Crippen molar-refractivity contribution in [3.8, 4) is 0 Å². The van der Waals surface area contributed by atoms with Gasteiger partial charge in [-0.05, 0) is 36.5 Å². The number of aromatic carboxylic acids is 1. The summed E-state index contributed by atoms with van der Waals surface area (Å²) in [5.74, 6) is -0.463. The van der Waals surface area contributed by atoms with E-state index in [4.69, 9.17) is 5.11 Å². The maximum atomic E-state index is 10.8. The summed E-state index contributed by atoms with van der Waals surface area (Å²) in [6, 6.07) is 4.96. The molecule has 1 atom stereocenters. The van der Waals surface area contributed by atoms with Crippen LogP contribution in [0.1, 0.15) is 28.8 Å². The molecule has 0 aliphatic heterocycles. The van der Waals surface area contributed by atoms with Crippen molar-refractivity contribution in [2.24, 2.45) is 5.92 Å². The highest BCUT2D eigenvalue weighted by Gasteiger charge is 2.29. The second-order valence-electron chi connectivity index (χ2n) is 4.65. The van der Waals surface area contributed by atoms with Gasteiger partial charge in [0.2, 0.25) is 0 Å². The number of nitrogens with one attached hydrogen (secondary N) is 1. The van der Waals surface area contributed by atoms with E-state index in [1.165, 1.54) is 0 Å². The van der Waals surface area contributed by atoms with Gasteiger partial charge in [0, 0.05) is 17.6 Å². The molecule has 0 spiro atoms.